The SMILES string of the molecule is COC(=O)c1c(C)[nH]c(C(=O)C(C)Sc2nnc(C)n2-c2ccc(C)cc2)c1C. The van der Waals surface area contributed by atoms with Crippen LogP contribution in [0, 0.1) is 27.7 Å². The van der Waals surface area contributed by atoms with Gasteiger partial charge in [0.15, 0.2) is 10.9 Å². The number of hydrogen-bond acceptors (Lipinski definition) is 6. The van der Waals surface area contributed by atoms with Crippen molar-refractivity contribution in [2.45, 2.75) is 45.0 Å². The number of esters is 1. The summed E-state index contributed by atoms with van der Waals surface area (Å²) in [6, 6.07) is 8.06. The zero-order chi connectivity index (χ0) is 21.3. The van der Waals surface area contributed by atoms with Gasteiger partial charge in [-0.2, -0.15) is 0 Å². The highest BCUT2D eigenvalue weighted by molar-refractivity contribution is 8.00. The van der Waals surface area contributed by atoms with E-state index in [9.17, 15) is 9.59 Å². The van der Waals surface area contributed by atoms with E-state index < -0.39 is 11.2 Å². The number of nitrogens with zero attached hydrogens (tertiary/aromatic N) is 3. The smallest absolute Gasteiger partial charge is 0.339 e. The number of benzene rings is 1. The topological polar surface area (TPSA) is 89.9 Å². The summed E-state index contributed by atoms with van der Waals surface area (Å²) in [5, 5.41) is 8.65. The number of thioether (sulfide) groups is 1. The Balaban J connectivity index is 1.88. The van der Waals surface area contributed by atoms with Gasteiger partial charge in [0.25, 0.3) is 0 Å². The maximum Gasteiger partial charge on any atom is 0.339 e. The molecule has 1 atom stereocenters. The fourth-order valence-corrected chi connectivity index (χ4v) is 4.20. The summed E-state index contributed by atoms with van der Waals surface area (Å²) in [6.45, 7) is 9.24. The number of aryl methyl sites for hydroxylation is 3. The molecule has 2 aromatic heterocycles. The third kappa shape index (κ3) is 3.98. The summed E-state index contributed by atoms with van der Waals surface area (Å²) in [7, 11) is 1.33. The molecule has 0 amide bonds. The van der Waals surface area contributed by atoms with Crippen molar-refractivity contribution < 1.29 is 14.3 Å². The first-order valence-electron chi connectivity index (χ1n) is 9.22. The van der Waals surface area contributed by atoms with E-state index in [1.54, 1.807) is 13.8 Å². The van der Waals surface area contributed by atoms with Gasteiger partial charge in [-0.1, -0.05) is 29.5 Å². The second-order valence-electron chi connectivity index (χ2n) is 6.94. The zero-order valence-electron chi connectivity index (χ0n) is 17.4. The monoisotopic (exact) mass is 412 g/mol. The van der Waals surface area contributed by atoms with Crippen LogP contribution in [0.15, 0.2) is 29.4 Å². The summed E-state index contributed by atoms with van der Waals surface area (Å²) in [4.78, 5) is 28.1. The molecule has 0 aliphatic carbocycles. The van der Waals surface area contributed by atoms with Crippen molar-refractivity contribution in [3.05, 3.63) is 58.2 Å². The Hall–Kier alpha value is -2.87. The maximum atomic E-state index is 13.1. The molecule has 3 aromatic rings. The molecule has 0 bridgehead atoms. The molecule has 0 fully saturated rings. The molecule has 0 spiro atoms. The van der Waals surface area contributed by atoms with Gasteiger partial charge < -0.3 is 9.72 Å². The molecule has 8 heteroatoms. The van der Waals surface area contributed by atoms with Gasteiger partial charge in [0.2, 0.25) is 0 Å². The lowest BCUT2D eigenvalue weighted by atomic mass is 10.1. The number of rotatable bonds is 6. The molecule has 0 radical (unpaired) electrons. The Morgan fingerprint density at radius 3 is 2.38 bits per heavy atom. The predicted octanol–water partition coefficient (Wildman–Crippen LogP) is 3.98. The fourth-order valence-electron chi connectivity index (χ4n) is 3.23. The van der Waals surface area contributed by atoms with E-state index in [1.807, 2.05) is 49.6 Å². The summed E-state index contributed by atoms with van der Waals surface area (Å²) >= 11 is 1.33. The quantitative estimate of drug-likeness (QED) is 0.374. The highest BCUT2D eigenvalue weighted by atomic mass is 32.2. The number of H-pyrrole nitrogens is 1. The Kier molecular flexibility index (Phi) is 5.93. The van der Waals surface area contributed by atoms with Crippen LogP contribution < -0.4 is 0 Å². The highest BCUT2D eigenvalue weighted by Gasteiger charge is 2.27. The minimum absolute atomic E-state index is 0.109. The maximum absolute atomic E-state index is 13.1. The number of aromatic amines is 1. The van der Waals surface area contributed by atoms with Crippen LogP contribution in [0.1, 0.15) is 50.4 Å². The van der Waals surface area contributed by atoms with Gasteiger partial charge in [-0.25, -0.2) is 4.79 Å². The van der Waals surface area contributed by atoms with Crippen LogP contribution in [0.2, 0.25) is 0 Å². The Morgan fingerprint density at radius 2 is 1.76 bits per heavy atom. The average molecular weight is 413 g/mol. The molecular formula is C21H24N4O3S. The van der Waals surface area contributed by atoms with Gasteiger partial charge in [0, 0.05) is 11.4 Å². The van der Waals surface area contributed by atoms with Crippen molar-refractivity contribution in [3.8, 4) is 5.69 Å². The number of ketones is 1. The van der Waals surface area contributed by atoms with Crippen LogP contribution in [0.5, 0.6) is 0 Å². The van der Waals surface area contributed by atoms with E-state index in [0.717, 1.165) is 17.1 Å². The third-order valence-electron chi connectivity index (χ3n) is 4.81. The van der Waals surface area contributed by atoms with Crippen LogP contribution in [0.3, 0.4) is 0 Å². The Morgan fingerprint density at radius 1 is 1.10 bits per heavy atom. The Bertz CT molecular complexity index is 1070. The minimum Gasteiger partial charge on any atom is -0.465 e. The molecule has 152 valence electrons. The molecule has 29 heavy (non-hydrogen) atoms. The lowest BCUT2D eigenvalue weighted by Gasteiger charge is -2.12. The van der Waals surface area contributed by atoms with Crippen LogP contribution in [0.4, 0.5) is 0 Å². The fraction of sp³-hybridized carbons (Fsp3) is 0.333. The van der Waals surface area contributed by atoms with E-state index >= 15 is 0 Å². The van der Waals surface area contributed by atoms with Crippen molar-refractivity contribution in [1.29, 1.82) is 0 Å². The number of carbonyl (C=O) groups is 2. The molecular weight excluding hydrogens is 388 g/mol. The number of nitrogens with one attached hydrogen (secondary N) is 1. The number of methoxy groups -OCH3 is 1. The summed E-state index contributed by atoms with van der Waals surface area (Å²) in [6.07, 6.45) is 0. The van der Waals surface area contributed by atoms with Crippen LogP contribution in [-0.4, -0.2) is 43.9 Å². The van der Waals surface area contributed by atoms with E-state index in [4.69, 9.17) is 4.74 Å². The van der Waals surface area contributed by atoms with Gasteiger partial charge in [-0.3, -0.25) is 9.36 Å². The standard InChI is InChI=1S/C21H24N4O3S/c1-11-7-9-16(10-8-11)25-15(5)23-24-21(25)29-14(4)19(26)18-12(2)17(13(3)22-18)20(27)28-6/h7-10,14,22H,1-6H3. The summed E-state index contributed by atoms with van der Waals surface area (Å²) in [5.41, 5.74) is 4.15. The first-order chi connectivity index (χ1) is 13.7. The number of ether oxygens (including phenoxy) is 1. The summed E-state index contributed by atoms with van der Waals surface area (Å²) < 4.78 is 6.76. The highest BCUT2D eigenvalue weighted by Crippen LogP contribution is 2.29. The van der Waals surface area contributed by atoms with Crippen molar-refractivity contribution in [1.82, 2.24) is 19.7 Å². The average Bonchev–Trinajstić information content (AvgIpc) is 3.20. The minimum atomic E-state index is -0.453. The molecule has 0 aliphatic heterocycles. The van der Waals surface area contributed by atoms with Crippen molar-refractivity contribution >= 4 is 23.5 Å². The van der Waals surface area contributed by atoms with Gasteiger partial charge in [0.1, 0.15) is 5.82 Å². The molecule has 1 aromatic carbocycles. The van der Waals surface area contributed by atoms with Gasteiger partial charge in [-0.05, 0) is 52.3 Å². The number of Topliss-reactive ketones (excluding diaryl/α,β-unsaturated/α-hetero) is 1. The summed E-state index contributed by atoms with van der Waals surface area (Å²) in [5.74, 6) is 0.183. The lowest BCUT2D eigenvalue weighted by Crippen LogP contribution is -2.16. The zero-order valence-corrected chi connectivity index (χ0v) is 18.2. The first-order valence-corrected chi connectivity index (χ1v) is 10.1. The number of aromatic nitrogens is 4. The third-order valence-corrected chi connectivity index (χ3v) is 5.85. The van der Waals surface area contributed by atoms with Crippen molar-refractivity contribution in [2.24, 2.45) is 0 Å². The van der Waals surface area contributed by atoms with E-state index in [-0.39, 0.29) is 5.78 Å². The van der Waals surface area contributed by atoms with Crippen LogP contribution in [-0.2, 0) is 4.74 Å². The van der Waals surface area contributed by atoms with Gasteiger partial charge >= 0.3 is 5.97 Å². The molecule has 7 nitrogen and oxygen atoms in total. The van der Waals surface area contributed by atoms with Gasteiger partial charge in [0.05, 0.1) is 23.6 Å². The predicted molar refractivity (Wildman–Crippen MR) is 112 cm³/mol. The molecule has 0 aliphatic rings. The molecule has 0 saturated heterocycles. The molecule has 0 saturated carbocycles. The molecule has 1 unspecified atom stereocenters. The van der Waals surface area contributed by atoms with Crippen LogP contribution >= 0.6 is 11.8 Å². The second kappa shape index (κ2) is 8.24. The molecule has 3 rings (SSSR count). The van der Waals surface area contributed by atoms with E-state index in [0.29, 0.717) is 27.7 Å². The lowest BCUT2D eigenvalue weighted by molar-refractivity contribution is 0.0599. The van der Waals surface area contributed by atoms with Gasteiger partial charge in [-0.15, -0.1) is 10.2 Å². The van der Waals surface area contributed by atoms with Crippen molar-refractivity contribution in [3.63, 3.8) is 0 Å². The number of hydrogen-bond donors (Lipinski definition) is 1. The van der Waals surface area contributed by atoms with Crippen molar-refractivity contribution in [2.75, 3.05) is 7.11 Å². The van der Waals surface area contributed by atoms with E-state index in [1.165, 1.54) is 18.9 Å². The largest absolute Gasteiger partial charge is 0.465 e. The Labute approximate surface area is 173 Å². The van der Waals surface area contributed by atoms with Crippen LogP contribution in [0.25, 0.3) is 5.69 Å². The molecule has 2 heterocycles. The number of carbonyl (C=O) groups excluding carboxylic acids is 2. The second-order valence-corrected chi connectivity index (χ2v) is 8.25. The van der Waals surface area contributed by atoms with E-state index in [2.05, 4.69) is 15.2 Å². The first kappa shape index (κ1) is 20.9. The normalized spacial score (nSPS) is 12.1. The molecule has 1 N–H and O–H groups in total.